The highest BCUT2D eigenvalue weighted by Gasteiger charge is 2.46. The first-order valence-corrected chi connectivity index (χ1v) is 8.53. The number of amides is 1. The van der Waals surface area contributed by atoms with Gasteiger partial charge in [0.25, 0.3) is 0 Å². The summed E-state index contributed by atoms with van der Waals surface area (Å²) < 4.78 is 5.33. The molecule has 0 aromatic heterocycles. The molecule has 1 saturated heterocycles. The molecule has 1 fully saturated rings. The fourth-order valence-corrected chi connectivity index (χ4v) is 3.39. The minimum Gasteiger partial charge on any atom is -0.448 e. The molecule has 1 atom stereocenters. The van der Waals surface area contributed by atoms with Gasteiger partial charge in [0, 0.05) is 17.5 Å². The summed E-state index contributed by atoms with van der Waals surface area (Å²) in [5.41, 5.74) is 2.12. The number of rotatable bonds is 0. The Bertz CT molecular complexity index is 566. The average molecular weight is 320 g/mol. The zero-order chi connectivity index (χ0) is 17.8. The molecular formula is C19H32N2O2. The molecule has 0 spiro atoms. The number of hydrogen-bond donors (Lipinski definition) is 0. The van der Waals surface area contributed by atoms with Crippen molar-refractivity contribution in [3.63, 3.8) is 0 Å². The van der Waals surface area contributed by atoms with Gasteiger partial charge in [-0.15, -0.1) is 0 Å². The maximum absolute atomic E-state index is 12.5. The lowest BCUT2D eigenvalue weighted by molar-refractivity contribution is 0.104. The molecule has 0 radical (unpaired) electrons. The summed E-state index contributed by atoms with van der Waals surface area (Å²) in [4.78, 5) is 19.3. The number of ether oxygens (including phenoxy) is 1. The van der Waals surface area contributed by atoms with Gasteiger partial charge < -0.3 is 4.74 Å². The van der Waals surface area contributed by atoms with E-state index in [2.05, 4.69) is 62.3 Å². The summed E-state index contributed by atoms with van der Waals surface area (Å²) in [6.45, 7) is 20.1. The van der Waals surface area contributed by atoms with Gasteiger partial charge in [-0.25, -0.2) is 9.69 Å². The molecule has 0 aliphatic carbocycles. The van der Waals surface area contributed by atoms with Crippen molar-refractivity contribution in [1.82, 2.24) is 4.90 Å². The molecule has 0 aromatic rings. The summed E-state index contributed by atoms with van der Waals surface area (Å²) in [5, 5.41) is 0. The Labute approximate surface area is 141 Å². The largest absolute Gasteiger partial charge is 0.448 e. The quantitative estimate of drug-likeness (QED) is 0.630. The summed E-state index contributed by atoms with van der Waals surface area (Å²) in [6.07, 6.45) is 0.481. The van der Waals surface area contributed by atoms with Crippen LogP contribution in [0.1, 0.15) is 68.7 Å². The van der Waals surface area contributed by atoms with Crippen molar-refractivity contribution in [3.05, 3.63) is 11.3 Å². The number of fused-ring (bicyclic) bond motifs is 1. The van der Waals surface area contributed by atoms with Crippen molar-refractivity contribution in [1.29, 1.82) is 0 Å². The number of cyclic esters (lactones) is 1. The standard InChI is InChI=1S/C19H32N2O2/c1-17(2,3)13-12-10-11-23-16(22)21(12)15(19(7,8)9)20-14(13)18(4,5)6/h14H,10-11H2,1-9H3/t14-/m1/s1. The van der Waals surface area contributed by atoms with Crippen molar-refractivity contribution in [2.75, 3.05) is 6.61 Å². The van der Waals surface area contributed by atoms with Crippen LogP contribution < -0.4 is 0 Å². The number of carbonyl (C=O) groups is 1. The maximum Gasteiger partial charge on any atom is 0.419 e. The first-order valence-electron chi connectivity index (χ1n) is 8.53. The Hall–Kier alpha value is -1.32. The summed E-state index contributed by atoms with van der Waals surface area (Å²) in [6, 6.07) is 0.0777. The Morgan fingerprint density at radius 2 is 1.57 bits per heavy atom. The van der Waals surface area contributed by atoms with E-state index in [4.69, 9.17) is 9.73 Å². The van der Waals surface area contributed by atoms with E-state index in [1.54, 1.807) is 4.90 Å². The van der Waals surface area contributed by atoms with Gasteiger partial charge in [-0.05, 0) is 16.4 Å². The van der Waals surface area contributed by atoms with E-state index in [1.807, 2.05) is 0 Å². The number of carbonyl (C=O) groups excluding carboxylic acids is 1. The fourth-order valence-electron chi connectivity index (χ4n) is 3.39. The van der Waals surface area contributed by atoms with Gasteiger partial charge in [0.15, 0.2) is 0 Å². The molecule has 4 nitrogen and oxygen atoms in total. The van der Waals surface area contributed by atoms with Crippen molar-refractivity contribution in [2.45, 2.75) is 74.8 Å². The van der Waals surface area contributed by atoms with E-state index >= 15 is 0 Å². The second-order valence-electron chi connectivity index (χ2n) is 9.78. The third-order valence-corrected chi connectivity index (χ3v) is 4.36. The first kappa shape index (κ1) is 18.0. The van der Waals surface area contributed by atoms with E-state index in [0.29, 0.717) is 6.61 Å². The molecule has 0 unspecified atom stereocenters. The molecule has 2 heterocycles. The van der Waals surface area contributed by atoms with Gasteiger partial charge in [0.2, 0.25) is 0 Å². The smallest absolute Gasteiger partial charge is 0.419 e. The number of hydrogen-bond acceptors (Lipinski definition) is 3. The van der Waals surface area contributed by atoms with E-state index in [0.717, 1.165) is 18.0 Å². The molecule has 0 saturated carbocycles. The number of amidine groups is 1. The van der Waals surface area contributed by atoms with Crippen molar-refractivity contribution in [3.8, 4) is 0 Å². The van der Waals surface area contributed by atoms with Crippen LogP contribution in [0.3, 0.4) is 0 Å². The predicted molar refractivity (Wildman–Crippen MR) is 94.4 cm³/mol. The minimum atomic E-state index is -0.283. The molecule has 0 bridgehead atoms. The number of aliphatic imine (C=N–C) groups is 1. The molecule has 2 rings (SSSR count). The Kier molecular flexibility index (Phi) is 4.20. The normalized spacial score (nSPS) is 23.5. The van der Waals surface area contributed by atoms with Gasteiger partial charge in [-0.3, -0.25) is 4.99 Å². The first-order chi connectivity index (χ1) is 10.2. The van der Waals surface area contributed by atoms with Crippen LogP contribution in [0.15, 0.2) is 16.3 Å². The Morgan fingerprint density at radius 3 is 2.00 bits per heavy atom. The molecule has 23 heavy (non-hydrogen) atoms. The molecule has 4 heteroatoms. The molecule has 0 aromatic carbocycles. The van der Waals surface area contributed by atoms with Crippen molar-refractivity contribution >= 4 is 11.9 Å². The third kappa shape index (κ3) is 3.31. The highest BCUT2D eigenvalue weighted by atomic mass is 16.6. The van der Waals surface area contributed by atoms with Gasteiger partial charge >= 0.3 is 6.09 Å². The van der Waals surface area contributed by atoms with Gasteiger partial charge in [0.1, 0.15) is 5.84 Å². The third-order valence-electron chi connectivity index (χ3n) is 4.36. The van der Waals surface area contributed by atoms with Crippen LogP contribution in [0.4, 0.5) is 4.79 Å². The molecule has 1 amide bonds. The highest BCUT2D eigenvalue weighted by molar-refractivity contribution is 6.01. The lowest BCUT2D eigenvalue weighted by atomic mass is 9.70. The second-order valence-corrected chi connectivity index (χ2v) is 9.78. The lowest BCUT2D eigenvalue weighted by Gasteiger charge is -2.47. The predicted octanol–water partition coefficient (Wildman–Crippen LogP) is 5.00. The minimum absolute atomic E-state index is 0.000441. The van der Waals surface area contributed by atoms with E-state index in [1.165, 1.54) is 5.57 Å². The summed E-state index contributed by atoms with van der Waals surface area (Å²) in [5.74, 6) is 0.824. The van der Waals surface area contributed by atoms with Gasteiger partial charge in [-0.1, -0.05) is 62.3 Å². The zero-order valence-electron chi connectivity index (χ0n) is 16.2. The van der Waals surface area contributed by atoms with Crippen LogP contribution in [-0.2, 0) is 4.74 Å². The van der Waals surface area contributed by atoms with E-state index in [-0.39, 0.29) is 28.4 Å². The van der Waals surface area contributed by atoms with Crippen LogP contribution in [0, 0.1) is 16.2 Å². The molecular weight excluding hydrogens is 288 g/mol. The second kappa shape index (κ2) is 5.35. The molecule has 2 aliphatic heterocycles. The molecule has 2 aliphatic rings. The topological polar surface area (TPSA) is 41.9 Å². The van der Waals surface area contributed by atoms with Crippen molar-refractivity contribution < 1.29 is 9.53 Å². The monoisotopic (exact) mass is 320 g/mol. The Morgan fingerprint density at radius 1 is 1.00 bits per heavy atom. The maximum atomic E-state index is 12.5. The highest BCUT2D eigenvalue weighted by Crippen LogP contribution is 2.46. The fraction of sp³-hybridized carbons (Fsp3) is 0.789. The molecule has 0 N–H and O–H groups in total. The summed E-state index contributed by atoms with van der Waals surface area (Å²) >= 11 is 0. The Balaban J connectivity index is 2.74. The average Bonchev–Trinajstić information content (AvgIpc) is 2.33. The van der Waals surface area contributed by atoms with Crippen molar-refractivity contribution in [2.24, 2.45) is 21.2 Å². The van der Waals surface area contributed by atoms with Gasteiger partial charge in [0.05, 0.1) is 12.6 Å². The van der Waals surface area contributed by atoms with Crippen LogP contribution >= 0.6 is 0 Å². The van der Waals surface area contributed by atoms with E-state index in [9.17, 15) is 4.79 Å². The zero-order valence-corrected chi connectivity index (χ0v) is 16.2. The lowest BCUT2D eigenvalue weighted by Crippen LogP contribution is -2.52. The number of nitrogens with zero attached hydrogens (tertiary/aromatic N) is 2. The SMILES string of the molecule is CC(C)(C)C1=N[C@@H](C(C)(C)C)C(C(C)(C)C)=C2CCOC(=O)N12. The van der Waals surface area contributed by atoms with Crippen LogP contribution in [0.25, 0.3) is 0 Å². The van der Waals surface area contributed by atoms with Crippen LogP contribution in [-0.4, -0.2) is 29.5 Å². The molecule has 130 valence electrons. The van der Waals surface area contributed by atoms with Crippen LogP contribution in [0.5, 0.6) is 0 Å². The summed E-state index contributed by atoms with van der Waals surface area (Å²) in [7, 11) is 0. The van der Waals surface area contributed by atoms with Crippen LogP contribution in [0.2, 0.25) is 0 Å². The van der Waals surface area contributed by atoms with E-state index < -0.39 is 0 Å². The van der Waals surface area contributed by atoms with Gasteiger partial charge in [-0.2, -0.15) is 0 Å².